The van der Waals surface area contributed by atoms with Crippen molar-refractivity contribution in [1.82, 2.24) is 10.2 Å². The van der Waals surface area contributed by atoms with Gasteiger partial charge >= 0.3 is 0 Å². The number of hydrogen-bond acceptors (Lipinski definition) is 2. The number of benzene rings is 1. The maximum atomic E-state index is 13.7. The number of carbonyl (C=O) groups is 1. The van der Waals surface area contributed by atoms with Crippen LogP contribution in [-0.4, -0.2) is 30.9 Å². The minimum absolute atomic E-state index is 0.0708. The first-order valence-electron chi connectivity index (χ1n) is 6.47. The van der Waals surface area contributed by atoms with Crippen LogP contribution in [0, 0.1) is 11.7 Å². The second-order valence-corrected chi connectivity index (χ2v) is 5.87. The van der Waals surface area contributed by atoms with Crippen LogP contribution >= 0.6 is 15.9 Å². The molecule has 1 fully saturated rings. The lowest BCUT2D eigenvalue weighted by molar-refractivity contribution is -0.135. The molecule has 1 aromatic carbocycles. The second kappa shape index (κ2) is 6.48. The van der Waals surface area contributed by atoms with Gasteiger partial charge in [-0.2, -0.15) is 0 Å². The van der Waals surface area contributed by atoms with Crippen molar-refractivity contribution < 1.29 is 9.18 Å². The first-order valence-corrected chi connectivity index (χ1v) is 7.27. The molecule has 0 saturated carbocycles. The SMILES string of the molecule is CN(Cc1cc(Br)ccc1F)C(=O)C1CCNCC1. The van der Waals surface area contributed by atoms with E-state index in [-0.39, 0.29) is 17.6 Å². The fraction of sp³-hybridized carbons (Fsp3) is 0.500. The van der Waals surface area contributed by atoms with Gasteiger partial charge in [-0.1, -0.05) is 15.9 Å². The Labute approximate surface area is 121 Å². The Balaban J connectivity index is 2.01. The Kier molecular flexibility index (Phi) is 4.93. The van der Waals surface area contributed by atoms with Crippen LogP contribution < -0.4 is 5.32 Å². The minimum atomic E-state index is -0.270. The zero-order chi connectivity index (χ0) is 13.8. The molecule has 0 aromatic heterocycles. The molecule has 0 spiro atoms. The molecular formula is C14H18BrFN2O. The summed E-state index contributed by atoms with van der Waals surface area (Å²) in [6, 6.07) is 4.80. The van der Waals surface area contributed by atoms with Crippen molar-refractivity contribution in [2.24, 2.45) is 5.92 Å². The first-order chi connectivity index (χ1) is 9.08. The number of halogens is 2. The van der Waals surface area contributed by atoms with Crippen LogP contribution in [0.1, 0.15) is 18.4 Å². The third kappa shape index (κ3) is 3.76. The van der Waals surface area contributed by atoms with Crippen LogP contribution in [0.25, 0.3) is 0 Å². The summed E-state index contributed by atoms with van der Waals surface area (Å²) in [7, 11) is 1.74. The van der Waals surface area contributed by atoms with Crippen molar-refractivity contribution in [3.05, 3.63) is 34.1 Å². The Morgan fingerprint density at radius 1 is 1.47 bits per heavy atom. The van der Waals surface area contributed by atoms with Crippen molar-refractivity contribution >= 4 is 21.8 Å². The molecule has 1 N–H and O–H groups in total. The van der Waals surface area contributed by atoms with Crippen molar-refractivity contribution in [1.29, 1.82) is 0 Å². The lowest BCUT2D eigenvalue weighted by Crippen LogP contribution is -2.39. The van der Waals surface area contributed by atoms with E-state index in [1.54, 1.807) is 24.1 Å². The van der Waals surface area contributed by atoms with Crippen LogP contribution in [0.5, 0.6) is 0 Å². The summed E-state index contributed by atoms with van der Waals surface area (Å²) in [4.78, 5) is 13.9. The number of nitrogens with zero attached hydrogens (tertiary/aromatic N) is 1. The molecule has 1 amide bonds. The molecule has 1 aliphatic rings. The standard InChI is InChI=1S/C14H18BrFN2O/c1-18(14(19)10-4-6-17-7-5-10)9-11-8-12(15)2-3-13(11)16/h2-3,8,10,17H,4-7,9H2,1H3. The maximum absolute atomic E-state index is 13.7. The molecule has 5 heteroatoms. The highest BCUT2D eigenvalue weighted by Crippen LogP contribution is 2.19. The van der Waals surface area contributed by atoms with Gasteiger partial charge in [0.25, 0.3) is 0 Å². The van der Waals surface area contributed by atoms with Gasteiger partial charge in [0.1, 0.15) is 5.82 Å². The Morgan fingerprint density at radius 3 is 2.84 bits per heavy atom. The molecule has 19 heavy (non-hydrogen) atoms. The molecule has 1 aliphatic heterocycles. The molecule has 0 atom stereocenters. The quantitative estimate of drug-likeness (QED) is 0.924. The van der Waals surface area contributed by atoms with Crippen molar-refractivity contribution in [2.75, 3.05) is 20.1 Å². The summed E-state index contributed by atoms with van der Waals surface area (Å²) in [6.07, 6.45) is 1.73. The summed E-state index contributed by atoms with van der Waals surface area (Å²) < 4.78 is 14.5. The number of nitrogens with one attached hydrogen (secondary N) is 1. The second-order valence-electron chi connectivity index (χ2n) is 4.95. The number of amides is 1. The van der Waals surface area contributed by atoms with E-state index in [0.717, 1.165) is 30.4 Å². The van der Waals surface area contributed by atoms with E-state index >= 15 is 0 Å². The Hall–Kier alpha value is -0.940. The fourth-order valence-electron chi connectivity index (χ4n) is 2.38. The topological polar surface area (TPSA) is 32.3 Å². The molecule has 3 nitrogen and oxygen atoms in total. The van der Waals surface area contributed by atoms with Crippen LogP contribution in [0.3, 0.4) is 0 Å². The van der Waals surface area contributed by atoms with Gasteiger partial charge in [0.2, 0.25) is 5.91 Å². The maximum Gasteiger partial charge on any atom is 0.225 e. The Morgan fingerprint density at radius 2 is 2.16 bits per heavy atom. The number of hydrogen-bond donors (Lipinski definition) is 1. The normalized spacial score (nSPS) is 16.4. The van der Waals surface area contributed by atoms with Gasteiger partial charge in [-0.05, 0) is 44.1 Å². The van der Waals surface area contributed by atoms with Crippen LogP contribution in [0.2, 0.25) is 0 Å². The lowest BCUT2D eigenvalue weighted by Gasteiger charge is -2.27. The van der Waals surface area contributed by atoms with E-state index in [0.29, 0.717) is 12.1 Å². The van der Waals surface area contributed by atoms with Gasteiger partial charge in [0.05, 0.1) is 0 Å². The highest BCUT2D eigenvalue weighted by atomic mass is 79.9. The predicted molar refractivity (Wildman–Crippen MR) is 76.2 cm³/mol. The summed E-state index contributed by atoms with van der Waals surface area (Å²) in [6.45, 7) is 2.08. The average Bonchev–Trinajstić information content (AvgIpc) is 2.43. The highest BCUT2D eigenvalue weighted by molar-refractivity contribution is 9.10. The molecular weight excluding hydrogens is 311 g/mol. The van der Waals surface area contributed by atoms with Crippen LogP contribution in [0.4, 0.5) is 4.39 Å². The van der Waals surface area contributed by atoms with Gasteiger partial charge in [-0.3, -0.25) is 4.79 Å². The molecule has 1 saturated heterocycles. The average molecular weight is 329 g/mol. The number of rotatable bonds is 3. The van der Waals surface area contributed by atoms with Crippen molar-refractivity contribution in [3.63, 3.8) is 0 Å². The van der Waals surface area contributed by atoms with Gasteiger partial charge in [-0.15, -0.1) is 0 Å². The van der Waals surface area contributed by atoms with Gasteiger partial charge in [0.15, 0.2) is 0 Å². The van der Waals surface area contributed by atoms with E-state index in [1.807, 2.05) is 0 Å². The number of carbonyl (C=O) groups excluding carboxylic acids is 1. The molecule has 2 rings (SSSR count). The highest BCUT2D eigenvalue weighted by Gasteiger charge is 2.24. The van der Waals surface area contributed by atoms with E-state index in [1.165, 1.54) is 6.07 Å². The molecule has 0 unspecified atom stereocenters. The third-order valence-electron chi connectivity index (χ3n) is 3.48. The summed E-state index contributed by atoms with van der Waals surface area (Å²) in [5.74, 6) is -0.0875. The summed E-state index contributed by atoms with van der Waals surface area (Å²) >= 11 is 3.32. The van der Waals surface area contributed by atoms with Gasteiger partial charge < -0.3 is 10.2 Å². The van der Waals surface area contributed by atoms with Crippen LogP contribution in [0.15, 0.2) is 22.7 Å². The summed E-state index contributed by atoms with van der Waals surface area (Å²) in [5, 5.41) is 3.24. The fourth-order valence-corrected chi connectivity index (χ4v) is 2.79. The minimum Gasteiger partial charge on any atom is -0.341 e. The van der Waals surface area contributed by atoms with Gasteiger partial charge in [-0.25, -0.2) is 4.39 Å². The number of piperidine rings is 1. The monoisotopic (exact) mass is 328 g/mol. The molecule has 1 heterocycles. The Bertz CT molecular complexity index is 461. The zero-order valence-corrected chi connectivity index (χ0v) is 12.5. The van der Waals surface area contributed by atoms with Crippen molar-refractivity contribution in [3.8, 4) is 0 Å². The third-order valence-corrected chi connectivity index (χ3v) is 3.97. The van der Waals surface area contributed by atoms with E-state index in [9.17, 15) is 9.18 Å². The zero-order valence-electron chi connectivity index (χ0n) is 11.0. The largest absolute Gasteiger partial charge is 0.341 e. The predicted octanol–water partition coefficient (Wildman–Crippen LogP) is 2.55. The molecule has 104 valence electrons. The van der Waals surface area contributed by atoms with E-state index < -0.39 is 0 Å². The van der Waals surface area contributed by atoms with E-state index in [2.05, 4.69) is 21.2 Å². The van der Waals surface area contributed by atoms with E-state index in [4.69, 9.17) is 0 Å². The van der Waals surface area contributed by atoms with Crippen molar-refractivity contribution in [2.45, 2.75) is 19.4 Å². The first kappa shape index (κ1) is 14.5. The molecule has 1 aromatic rings. The molecule has 0 radical (unpaired) electrons. The molecule has 0 aliphatic carbocycles. The summed E-state index contributed by atoms with van der Waals surface area (Å²) in [5.41, 5.74) is 0.541. The lowest BCUT2D eigenvalue weighted by atomic mass is 9.96. The van der Waals surface area contributed by atoms with Crippen LogP contribution in [-0.2, 0) is 11.3 Å². The smallest absolute Gasteiger partial charge is 0.225 e. The molecule has 0 bridgehead atoms. The van der Waals surface area contributed by atoms with Gasteiger partial charge in [0, 0.05) is 29.5 Å².